The van der Waals surface area contributed by atoms with E-state index in [1.807, 2.05) is 0 Å². The van der Waals surface area contributed by atoms with Gasteiger partial charge >= 0.3 is 0 Å². The Kier molecular flexibility index (Phi) is 5.26. The summed E-state index contributed by atoms with van der Waals surface area (Å²) in [6.45, 7) is 11.7. The maximum atomic E-state index is 4.07. The summed E-state index contributed by atoms with van der Waals surface area (Å²) in [5.41, 5.74) is 12.6. The minimum Gasteiger partial charge on any atom is -0.325 e. The molecule has 2 heteroatoms. The highest BCUT2D eigenvalue weighted by Gasteiger charge is 2.52. The smallest absolute Gasteiger partial charge is 0.270 e. The fourth-order valence-electron chi connectivity index (χ4n) is 7.47. The number of fused-ring (bicyclic) bond motifs is 3. The zero-order valence-corrected chi connectivity index (χ0v) is 20.5. The van der Waals surface area contributed by atoms with Crippen LogP contribution < -0.4 is 0 Å². The summed E-state index contributed by atoms with van der Waals surface area (Å²) in [7, 11) is 0. The molecule has 0 spiro atoms. The van der Waals surface area contributed by atoms with Gasteiger partial charge in [-0.25, -0.2) is 0 Å². The minimum atomic E-state index is 0.429. The van der Waals surface area contributed by atoms with Gasteiger partial charge in [0.1, 0.15) is 0 Å². The Bertz CT molecular complexity index is 1170. The highest BCUT2D eigenvalue weighted by atomic mass is 15.1. The quantitative estimate of drug-likeness (QED) is 0.241. The fraction of sp³-hybridized carbons (Fsp3) is 0.419. The first kappa shape index (κ1) is 21.2. The molecule has 2 aromatic carbocycles. The molecule has 0 aromatic heterocycles. The fourth-order valence-corrected chi connectivity index (χ4v) is 7.47. The number of unbranched alkanes of at least 4 members (excludes halogenated alkanes) is 3. The first-order chi connectivity index (χ1) is 16.2. The average Bonchev–Trinajstić information content (AvgIpc) is 3.38. The van der Waals surface area contributed by atoms with E-state index in [1.54, 1.807) is 33.3 Å². The average molecular weight is 433 g/mol. The Morgan fingerprint density at radius 3 is 2.52 bits per heavy atom. The number of nitrogens with zero attached hydrogens (tertiary/aromatic N) is 1. The number of hydrogen-bond donors (Lipinski definition) is 0. The highest BCUT2D eigenvalue weighted by Crippen LogP contribution is 2.58. The third kappa shape index (κ3) is 3.03. The van der Waals surface area contributed by atoms with E-state index in [4.69, 9.17) is 0 Å². The molecule has 4 atom stereocenters. The number of benzene rings is 2. The van der Waals surface area contributed by atoms with Gasteiger partial charge in [-0.1, -0.05) is 86.3 Å². The summed E-state index contributed by atoms with van der Waals surface area (Å²) < 4.78 is 0. The molecule has 0 bridgehead atoms. The number of hydrogen-bond acceptors (Lipinski definition) is 1. The van der Waals surface area contributed by atoms with Crippen molar-refractivity contribution in [1.82, 2.24) is 4.81 Å². The maximum Gasteiger partial charge on any atom is 0.270 e. The summed E-state index contributed by atoms with van der Waals surface area (Å²) >= 11 is 0. The zero-order chi connectivity index (χ0) is 22.7. The first-order valence-corrected chi connectivity index (χ1v) is 13.2. The third-order valence-electron chi connectivity index (χ3n) is 8.89. The highest BCUT2D eigenvalue weighted by molar-refractivity contribution is 6.79. The normalized spacial score (nSPS) is 26.5. The van der Waals surface area contributed by atoms with Crippen LogP contribution >= 0.6 is 0 Å². The van der Waals surface area contributed by atoms with E-state index in [2.05, 4.69) is 86.8 Å². The van der Waals surface area contributed by atoms with Crippen molar-refractivity contribution in [2.45, 2.75) is 83.1 Å². The molecule has 6 rings (SSSR count). The molecule has 33 heavy (non-hydrogen) atoms. The monoisotopic (exact) mass is 433 g/mol. The third-order valence-corrected chi connectivity index (χ3v) is 8.89. The summed E-state index contributed by atoms with van der Waals surface area (Å²) in [4.78, 5) is 2.83. The van der Waals surface area contributed by atoms with Gasteiger partial charge in [0.05, 0.1) is 0 Å². The van der Waals surface area contributed by atoms with Gasteiger partial charge in [-0.3, -0.25) is 0 Å². The largest absolute Gasteiger partial charge is 0.325 e. The Morgan fingerprint density at radius 1 is 0.939 bits per heavy atom. The minimum absolute atomic E-state index is 0.429. The second-order valence-electron chi connectivity index (χ2n) is 10.6. The van der Waals surface area contributed by atoms with Gasteiger partial charge in [-0.2, -0.15) is 0 Å². The van der Waals surface area contributed by atoms with Crippen LogP contribution in [0.5, 0.6) is 0 Å². The molecule has 168 valence electrons. The first-order valence-electron chi connectivity index (χ1n) is 13.2. The Hall–Kier alpha value is -2.32. The summed E-state index contributed by atoms with van der Waals surface area (Å²) in [5.74, 6) is 0.955. The van der Waals surface area contributed by atoms with Crippen molar-refractivity contribution in [1.29, 1.82) is 0 Å². The van der Waals surface area contributed by atoms with Crippen molar-refractivity contribution in [2.24, 2.45) is 0 Å². The molecule has 0 radical (unpaired) electrons. The molecule has 4 aliphatic rings. The summed E-state index contributed by atoms with van der Waals surface area (Å²) in [6.07, 6.45) is 14.9. The van der Waals surface area contributed by atoms with Crippen LogP contribution in [0.25, 0.3) is 11.0 Å². The number of rotatable bonds is 7. The SMILES string of the molecule is C=CCC1C=C2B3C4C=C(CCCCCC)c5cccc(c54)C(C)N3C(C)c3cccc1c32. The van der Waals surface area contributed by atoms with E-state index in [0.29, 0.717) is 30.7 Å². The second-order valence-corrected chi connectivity index (χ2v) is 10.6. The Labute approximate surface area is 200 Å². The zero-order valence-electron chi connectivity index (χ0n) is 20.5. The molecule has 2 aliphatic carbocycles. The van der Waals surface area contributed by atoms with Crippen molar-refractivity contribution in [2.75, 3.05) is 0 Å². The molecule has 0 amide bonds. The second kappa shape index (κ2) is 8.17. The molecule has 0 saturated heterocycles. The van der Waals surface area contributed by atoms with Gasteiger partial charge in [0.2, 0.25) is 0 Å². The van der Waals surface area contributed by atoms with E-state index < -0.39 is 0 Å². The van der Waals surface area contributed by atoms with Gasteiger partial charge in [0.15, 0.2) is 0 Å². The number of allylic oxidation sites excluding steroid dienone is 4. The molecule has 0 N–H and O–H groups in total. The van der Waals surface area contributed by atoms with Crippen LogP contribution in [0.4, 0.5) is 0 Å². The van der Waals surface area contributed by atoms with Crippen molar-refractivity contribution < 1.29 is 0 Å². The maximum absolute atomic E-state index is 4.07. The lowest BCUT2D eigenvalue weighted by molar-refractivity contribution is 0.268. The van der Waals surface area contributed by atoms with Crippen LogP contribution in [0.1, 0.15) is 116 Å². The van der Waals surface area contributed by atoms with E-state index in [1.165, 1.54) is 43.2 Å². The van der Waals surface area contributed by atoms with Crippen LogP contribution in [0.2, 0.25) is 0 Å². The van der Waals surface area contributed by atoms with Gasteiger partial charge in [0, 0.05) is 23.8 Å². The van der Waals surface area contributed by atoms with Crippen LogP contribution in [-0.4, -0.2) is 11.7 Å². The molecule has 0 fully saturated rings. The van der Waals surface area contributed by atoms with Crippen molar-refractivity contribution in [3.05, 3.63) is 94.6 Å². The van der Waals surface area contributed by atoms with Gasteiger partial charge < -0.3 is 4.81 Å². The van der Waals surface area contributed by atoms with Gasteiger partial charge in [-0.05, 0) is 72.1 Å². The molecular weight excluding hydrogens is 397 g/mol. The Balaban J connectivity index is 1.48. The topological polar surface area (TPSA) is 3.24 Å². The molecule has 2 heterocycles. The van der Waals surface area contributed by atoms with E-state index >= 15 is 0 Å². The molecule has 1 nitrogen and oxygen atoms in total. The molecule has 0 saturated carbocycles. The predicted molar refractivity (Wildman–Crippen MR) is 142 cm³/mol. The van der Waals surface area contributed by atoms with Crippen LogP contribution in [0.3, 0.4) is 0 Å². The van der Waals surface area contributed by atoms with Crippen LogP contribution in [0, 0.1) is 0 Å². The van der Waals surface area contributed by atoms with Gasteiger partial charge in [0.25, 0.3) is 6.85 Å². The molecule has 2 aliphatic heterocycles. The molecule has 2 aromatic rings. The van der Waals surface area contributed by atoms with Crippen molar-refractivity contribution >= 4 is 17.9 Å². The van der Waals surface area contributed by atoms with E-state index in [-0.39, 0.29) is 0 Å². The van der Waals surface area contributed by atoms with Crippen LogP contribution in [-0.2, 0) is 0 Å². The summed E-state index contributed by atoms with van der Waals surface area (Å²) in [6, 6.07) is 15.0. The Morgan fingerprint density at radius 2 is 1.70 bits per heavy atom. The molecule has 4 unspecified atom stereocenters. The van der Waals surface area contributed by atoms with Crippen molar-refractivity contribution in [3.8, 4) is 0 Å². The molecular formula is C31H36BN. The lowest BCUT2D eigenvalue weighted by atomic mass is 9.38. The van der Waals surface area contributed by atoms with E-state index in [9.17, 15) is 0 Å². The van der Waals surface area contributed by atoms with Crippen molar-refractivity contribution in [3.63, 3.8) is 0 Å². The van der Waals surface area contributed by atoms with Crippen LogP contribution in [0.15, 0.2) is 61.2 Å². The summed E-state index contributed by atoms with van der Waals surface area (Å²) in [5, 5.41) is 0. The standard InChI is InChI=1S/C31H36BN/c1-5-7-8-9-13-23-19-29-31-25(15-11-17-27(23)31)21(4)33-20(3)24-14-10-16-26-22(12-6-2)18-28(30(24)26)32(29)33/h6,10-11,14-22,29H,2,5,7-9,12-13H2,1,3-4H3. The lowest BCUT2D eigenvalue weighted by Crippen LogP contribution is -2.52. The predicted octanol–water partition coefficient (Wildman–Crippen LogP) is 8.42. The van der Waals surface area contributed by atoms with E-state index in [0.717, 1.165) is 6.42 Å². The lowest BCUT2D eigenvalue weighted by Gasteiger charge is -2.50. The van der Waals surface area contributed by atoms with Gasteiger partial charge in [-0.15, -0.1) is 6.58 Å².